The second-order valence-corrected chi connectivity index (χ2v) is 16.7. The Morgan fingerprint density at radius 3 is 2.00 bits per heavy atom. The van der Waals surface area contributed by atoms with Crippen molar-refractivity contribution in [2.75, 3.05) is 19.8 Å². The van der Waals surface area contributed by atoms with Crippen molar-refractivity contribution in [1.29, 1.82) is 0 Å². The Hall–Kier alpha value is -0.556. The number of hydrogen-bond donors (Lipinski definition) is 4. The largest absolute Gasteiger partial charge is 0.460 e. The van der Waals surface area contributed by atoms with Gasteiger partial charge in [-0.25, -0.2) is 4.79 Å². The van der Waals surface area contributed by atoms with Crippen molar-refractivity contribution in [2.24, 2.45) is 0 Å². The van der Waals surface area contributed by atoms with Crippen LogP contribution in [0.1, 0.15) is 26.7 Å². The average Bonchev–Trinajstić information content (AvgIpc) is 2.49. The van der Waals surface area contributed by atoms with Crippen LogP contribution in [0.25, 0.3) is 0 Å². The highest BCUT2D eigenvalue weighted by molar-refractivity contribution is 6.85. The molecule has 0 bridgehead atoms. The highest BCUT2D eigenvalue weighted by atomic mass is 28.4. The van der Waals surface area contributed by atoms with Crippen molar-refractivity contribution in [3.05, 3.63) is 12.2 Å². The van der Waals surface area contributed by atoms with Crippen LogP contribution in [0.3, 0.4) is 0 Å². The Labute approximate surface area is 159 Å². The van der Waals surface area contributed by atoms with Gasteiger partial charge in [-0.1, -0.05) is 19.9 Å². The van der Waals surface area contributed by atoms with Crippen molar-refractivity contribution in [3.63, 3.8) is 0 Å². The summed E-state index contributed by atoms with van der Waals surface area (Å²) < 4.78 is 10.6. The molecule has 7 nitrogen and oxygen atoms in total. The maximum Gasteiger partial charge on any atom is 0.333 e. The number of aliphatic hydroxyl groups excluding tert-OH is 3. The van der Waals surface area contributed by atoms with Crippen molar-refractivity contribution < 1.29 is 34.1 Å². The molecular weight excluding hydrogens is 372 g/mol. The van der Waals surface area contributed by atoms with Crippen LogP contribution >= 0.6 is 0 Å². The third-order valence-corrected chi connectivity index (χ3v) is 10.8. The number of rotatable bonds is 10. The van der Waals surface area contributed by atoms with Crippen molar-refractivity contribution in [2.45, 2.75) is 70.8 Å². The van der Waals surface area contributed by atoms with Crippen LogP contribution in [0, 0.1) is 0 Å². The fraction of sp³-hybridized carbons (Fsp3) is 0.824. The van der Waals surface area contributed by atoms with Crippen LogP contribution in [0.15, 0.2) is 12.2 Å². The van der Waals surface area contributed by atoms with E-state index >= 15 is 0 Å². The minimum atomic E-state index is -2.49. The summed E-state index contributed by atoms with van der Waals surface area (Å²) in [7, 11) is -4.27. The number of carbonyl (C=O) groups excluding carboxylic acids is 1. The molecule has 0 aromatic carbocycles. The van der Waals surface area contributed by atoms with Crippen LogP contribution < -0.4 is 0 Å². The zero-order chi connectivity index (χ0) is 21.2. The lowest BCUT2D eigenvalue weighted by Crippen LogP contribution is -2.66. The lowest BCUT2D eigenvalue weighted by Gasteiger charge is -2.46. The predicted octanol–water partition coefficient (Wildman–Crippen LogP) is 1.56. The average molecular weight is 411 g/mol. The van der Waals surface area contributed by atoms with Crippen molar-refractivity contribution in [1.82, 2.24) is 0 Å². The van der Waals surface area contributed by atoms with Gasteiger partial charge in [0.05, 0.1) is 13.2 Å². The summed E-state index contributed by atoms with van der Waals surface area (Å²) in [5.74, 6) is -0.455. The van der Waals surface area contributed by atoms with Crippen LogP contribution in [0.4, 0.5) is 0 Å². The Balaban J connectivity index is 0. The van der Waals surface area contributed by atoms with E-state index in [0.29, 0.717) is 12.0 Å². The number of aliphatic hydroxyl groups is 4. The van der Waals surface area contributed by atoms with Gasteiger partial charge in [-0.05, 0) is 46.1 Å². The van der Waals surface area contributed by atoms with E-state index in [0.717, 1.165) is 6.42 Å². The fourth-order valence-electron chi connectivity index (χ4n) is 2.52. The van der Waals surface area contributed by atoms with E-state index < -0.39 is 40.5 Å². The number of ether oxygens (including phenoxy) is 1. The second kappa shape index (κ2) is 12.0. The summed E-state index contributed by atoms with van der Waals surface area (Å²) in [5, 5.41) is 36.7. The molecule has 26 heavy (non-hydrogen) atoms. The summed E-state index contributed by atoms with van der Waals surface area (Å²) in [6.07, 6.45) is 0.0813. The molecule has 0 aliphatic carbocycles. The Bertz CT molecular complexity index is 435. The van der Waals surface area contributed by atoms with Gasteiger partial charge in [0.1, 0.15) is 17.9 Å². The lowest BCUT2D eigenvalue weighted by molar-refractivity contribution is -0.139. The number of hydrogen-bond acceptors (Lipinski definition) is 7. The first kappa shape index (κ1) is 27.7. The summed E-state index contributed by atoms with van der Waals surface area (Å²) in [5.41, 5.74) is 0.350. The SMILES string of the molecule is C=C(C)C(=O)OCCO.CCCC(O)(C(O)CO)[Si](C)(C)O[Si](C)(C)C. The van der Waals surface area contributed by atoms with Gasteiger partial charge in [0.25, 0.3) is 0 Å². The van der Waals surface area contributed by atoms with Crippen LogP contribution in [0.2, 0.25) is 32.7 Å². The van der Waals surface area contributed by atoms with E-state index in [2.05, 4.69) is 31.0 Å². The smallest absolute Gasteiger partial charge is 0.333 e. The van der Waals surface area contributed by atoms with E-state index in [1.807, 2.05) is 20.0 Å². The Kier molecular flexibility index (Phi) is 12.8. The van der Waals surface area contributed by atoms with Crippen LogP contribution in [0.5, 0.6) is 0 Å². The quantitative estimate of drug-likeness (QED) is 0.245. The van der Waals surface area contributed by atoms with E-state index in [-0.39, 0.29) is 13.2 Å². The number of esters is 1. The Morgan fingerprint density at radius 1 is 1.19 bits per heavy atom. The molecule has 0 aliphatic rings. The molecule has 2 atom stereocenters. The molecule has 4 N–H and O–H groups in total. The molecule has 0 aliphatic heterocycles. The van der Waals surface area contributed by atoms with Crippen LogP contribution in [-0.4, -0.2) is 74.2 Å². The van der Waals surface area contributed by atoms with Crippen LogP contribution in [-0.2, 0) is 13.6 Å². The molecule has 0 saturated carbocycles. The van der Waals surface area contributed by atoms with Gasteiger partial charge in [-0.3, -0.25) is 0 Å². The maximum absolute atomic E-state index is 10.7. The molecule has 0 saturated heterocycles. The highest BCUT2D eigenvalue weighted by Crippen LogP contribution is 2.32. The summed E-state index contributed by atoms with van der Waals surface area (Å²) in [6.45, 7) is 16.4. The minimum absolute atomic E-state index is 0.0473. The highest BCUT2D eigenvalue weighted by Gasteiger charge is 2.52. The zero-order valence-electron chi connectivity index (χ0n) is 17.3. The van der Waals surface area contributed by atoms with Gasteiger partial charge in [-0.2, -0.15) is 0 Å². The third kappa shape index (κ3) is 9.95. The summed E-state index contributed by atoms with van der Waals surface area (Å²) >= 11 is 0. The molecule has 9 heteroatoms. The van der Waals surface area contributed by atoms with E-state index in [9.17, 15) is 15.0 Å². The molecule has 0 fully saturated rings. The molecule has 0 radical (unpaired) electrons. The van der Waals surface area contributed by atoms with Gasteiger partial charge < -0.3 is 29.3 Å². The molecule has 0 spiro atoms. The van der Waals surface area contributed by atoms with Gasteiger partial charge in [0.15, 0.2) is 8.32 Å². The molecule has 0 aromatic rings. The maximum atomic E-state index is 10.7. The van der Waals surface area contributed by atoms with Gasteiger partial charge >= 0.3 is 5.97 Å². The van der Waals surface area contributed by atoms with Crippen molar-refractivity contribution >= 4 is 22.6 Å². The zero-order valence-corrected chi connectivity index (χ0v) is 19.3. The van der Waals surface area contributed by atoms with E-state index in [1.165, 1.54) is 0 Å². The first-order valence-corrected chi connectivity index (χ1v) is 15.1. The second-order valence-electron chi connectivity index (χ2n) is 7.74. The van der Waals surface area contributed by atoms with E-state index in [1.54, 1.807) is 6.92 Å². The topological polar surface area (TPSA) is 116 Å². The molecule has 0 heterocycles. The molecule has 0 aromatic heterocycles. The van der Waals surface area contributed by atoms with Gasteiger partial charge in [0, 0.05) is 5.57 Å². The normalized spacial score (nSPS) is 15.3. The fourth-order valence-corrected chi connectivity index (χ4v) is 11.1. The van der Waals surface area contributed by atoms with Crippen molar-refractivity contribution in [3.8, 4) is 0 Å². The summed E-state index contributed by atoms with van der Waals surface area (Å²) in [4.78, 5) is 10.5. The molecule has 0 amide bonds. The molecule has 0 rings (SSSR count). The van der Waals surface area contributed by atoms with Gasteiger partial charge in [-0.15, -0.1) is 0 Å². The monoisotopic (exact) mass is 410 g/mol. The predicted molar refractivity (Wildman–Crippen MR) is 108 cm³/mol. The molecular formula is C17H38O7Si2. The standard InChI is InChI=1S/C11H28O4Si2.C6H10O3/c1-7-8-11(14,10(13)9-12)17(5,6)15-16(2,3)4;1-5(2)6(8)9-4-3-7/h10,12-14H,7-9H2,1-6H3;7H,1,3-4H2,2H3. The molecule has 2 unspecified atom stereocenters. The Morgan fingerprint density at radius 2 is 1.69 bits per heavy atom. The lowest BCUT2D eigenvalue weighted by atomic mass is 10.1. The van der Waals surface area contributed by atoms with E-state index in [4.69, 9.17) is 14.3 Å². The molecule has 156 valence electrons. The first-order chi connectivity index (χ1) is 11.7. The summed E-state index contributed by atoms with van der Waals surface area (Å²) in [6, 6.07) is 0. The first-order valence-electron chi connectivity index (χ1n) is 8.83. The minimum Gasteiger partial charge on any atom is -0.460 e. The third-order valence-electron chi connectivity index (χ3n) is 3.63. The van der Waals surface area contributed by atoms with Gasteiger partial charge in [0.2, 0.25) is 8.32 Å². The number of carbonyl (C=O) groups is 1.